The number of allylic oxidation sites excluding steroid dienone is 2. The molecule has 0 aliphatic carbocycles. The average Bonchev–Trinajstić information content (AvgIpc) is 4.14. The van der Waals surface area contributed by atoms with Crippen LogP contribution in [0.4, 0.5) is 16.7 Å². The van der Waals surface area contributed by atoms with Crippen molar-refractivity contribution < 1.29 is 43.0 Å². The van der Waals surface area contributed by atoms with E-state index in [2.05, 4.69) is 31.5 Å². The molecule has 1 fully saturated rings. The standard InChI is InChI=1S/C42H51N11O8.C7H10N2O.CH5N/c1-8-53-31(19-26(2)48-53)38(57)47-40-46-30-22-28(37(43)56)23-33(60-18-12-11-13-49-16-17-50(24-34(49)55)41(58)61-42(3,4)5)36(30)52(40)15-10-9-14-51-35-29(45-39(51)44-6)20-27(25-54)21-32(35)59-7;1-3-9-7(5-10)4-6(2)8-9;1-2/h9-12,19-23,25H,8,13-18,24H2,1-7H3,(H2,43,56)(H,44,45)(H,46,47,57);4-5H,3H2,1-2H3;2H2,1H3/b10-9+,12-11+;;. The van der Waals surface area contributed by atoms with Crippen LogP contribution in [0.15, 0.2) is 60.7 Å². The maximum absolute atomic E-state index is 13.7. The summed E-state index contributed by atoms with van der Waals surface area (Å²) < 4.78 is 24.2. The average molecular weight is 1010 g/mol. The summed E-state index contributed by atoms with van der Waals surface area (Å²) in [5.74, 6) is 0.166. The minimum Gasteiger partial charge on any atom is -0.494 e. The van der Waals surface area contributed by atoms with E-state index in [9.17, 15) is 28.8 Å². The fourth-order valence-corrected chi connectivity index (χ4v) is 7.80. The normalized spacial score (nSPS) is 12.7. The smallest absolute Gasteiger partial charge is 0.410 e. The van der Waals surface area contributed by atoms with Gasteiger partial charge in [0.05, 0.1) is 29.5 Å². The number of piperazine rings is 1. The van der Waals surface area contributed by atoms with E-state index in [0.29, 0.717) is 89.1 Å². The monoisotopic (exact) mass is 1010 g/mol. The van der Waals surface area contributed by atoms with E-state index in [1.165, 1.54) is 31.2 Å². The zero-order chi connectivity index (χ0) is 53.6. The van der Waals surface area contributed by atoms with Crippen LogP contribution in [0.25, 0.3) is 22.1 Å². The molecule has 4 aromatic heterocycles. The van der Waals surface area contributed by atoms with Gasteiger partial charge in [0.25, 0.3) is 5.91 Å². The number of nitrogens with one attached hydrogen (secondary N) is 2. The molecule has 0 bridgehead atoms. The SMILES string of the molecule is CCn1nc(C)cc1C(=O)Nc1nc2cc(C(N)=O)cc(OC/C=C/CN3CCN(C(=O)OC(C)(C)C)CC3=O)c2n1C/C=C/Cn1c(NC)nc2cc(C=O)cc(OC)c21.CCn1nc(C)cc1C=O.CN. The molecule has 5 heterocycles. The van der Waals surface area contributed by atoms with Gasteiger partial charge >= 0.3 is 6.09 Å². The molecule has 0 unspecified atom stereocenters. The zero-order valence-electron chi connectivity index (χ0n) is 43.1. The molecule has 6 aromatic rings. The van der Waals surface area contributed by atoms with Crippen LogP contribution in [0.3, 0.4) is 0 Å². The maximum Gasteiger partial charge on any atom is 0.410 e. The number of nitrogens with zero attached hydrogens (tertiary/aromatic N) is 10. The topological polar surface area (TPSA) is 284 Å². The first kappa shape index (κ1) is 55.6. The van der Waals surface area contributed by atoms with Crippen molar-refractivity contribution in [3.05, 3.63) is 94.6 Å². The van der Waals surface area contributed by atoms with Gasteiger partial charge in [-0.25, -0.2) is 14.8 Å². The number of hydrogen-bond donors (Lipinski definition) is 4. The number of carbonyl (C=O) groups is 6. The zero-order valence-corrected chi connectivity index (χ0v) is 43.1. The van der Waals surface area contributed by atoms with Crippen LogP contribution in [0, 0.1) is 13.8 Å². The van der Waals surface area contributed by atoms with Gasteiger partial charge in [-0.1, -0.05) is 18.2 Å². The van der Waals surface area contributed by atoms with Crippen LogP contribution >= 0.6 is 0 Å². The van der Waals surface area contributed by atoms with Crippen LogP contribution in [-0.2, 0) is 35.7 Å². The molecule has 1 aliphatic rings. The summed E-state index contributed by atoms with van der Waals surface area (Å²) in [7, 11) is 4.78. The van der Waals surface area contributed by atoms with Gasteiger partial charge in [0.1, 0.15) is 59.0 Å². The first-order valence-electron chi connectivity index (χ1n) is 23.6. The lowest BCUT2D eigenvalue weighted by Gasteiger charge is -2.34. The van der Waals surface area contributed by atoms with E-state index in [4.69, 9.17) is 24.9 Å². The molecule has 6 N–H and O–H groups in total. The molecule has 73 heavy (non-hydrogen) atoms. The molecule has 0 radical (unpaired) electrons. The number of hydrogen-bond acceptors (Lipinski definition) is 15. The lowest BCUT2D eigenvalue weighted by atomic mass is 10.1. The second-order valence-electron chi connectivity index (χ2n) is 17.3. The van der Waals surface area contributed by atoms with Crippen molar-refractivity contribution in [2.75, 3.05) is 64.6 Å². The van der Waals surface area contributed by atoms with Gasteiger partial charge in [0.15, 0.2) is 6.29 Å². The van der Waals surface area contributed by atoms with Crippen molar-refractivity contribution in [3.63, 3.8) is 0 Å². The fourth-order valence-electron chi connectivity index (χ4n) is 7.80. The van der Waals surface area contributed by atoms with E-state index in [1.807, 2.05) is 37.5 Å². The minimum atomic E-state index is -0.697. The Morgan fingerprint density at radius 2 is 1.40 bits per heavy atom. The number of imidazole rings is 2. The summed E-state index contributed by atoms with van der Waals surface area (Å²) in [6.07, 6.45) is 8.37. The molecule has 0 atom stereocenters. The van der Waals surface area contributed by atoms with Gasteiger partial charge in [-0.2, -0.15) is 10.2 Å². The molecule has 1 saturated heterocycles. The van der Waals surface area contributed by atoms with Crippen LogP contribution < -0.4 is 31.6 Å². The van der Waals surface area contributed by atoms with E-state index in [-0.39, 0.29) is 42.9 Å². The molecule has 23 nitrogen and oxygen atoms in total. The van der Waals surface area contributed by atoms with Crippen molar-refractivity contribution in [2.45, 2.75) is 80.2 Å². The Morgan fingerprint density at radius 1 is 0.781 bits per heavy atom. The number of aromatic nitrogens is 8. The highest BCUT2D eigenvalue weighted by molar-refractivity contribution is 6.04. The van der Waals surface area contributed by atoms with Gasteiger partial charge in [0.2, 0.25) is 23.7 Å². The Balaban J connectivity index is 0.000000728. The second-order valence-corrected chi connectivity index (χ2v) is 17.3. The predicted molar refractivity (Wildman–Crippen MR) is 276 cm³/mol. The van der Waals surface area contributed by atoms with E-state index in [0.717, 1.165) is 24.8 Å². The fraction of sp³-hybridized carbons (Fsp3) is 0.400. The minimum absolute atomic E-state index is 0.0508. The van der Waals surface area contributed by atoms with Crippen LogP contribution in [0.5, 0.6) is 11.5 Å². The summed E-state index contributed by atoms with van der Waals surface area (Å²) >= 11 is 0. The molecule has 2 aromatic carbocycles. The molecule has 1 aliphatic heterocycles. The number of primary amides is 1. The summed E-state index contributed by atoms with van der Waals surface area (Å²) in [5.41, 5.74) is 14.8. The third-order valence-corrected chi connectivity index (χ3v) is 11.1. The lowest BCUT2D eigenvalue weighted by Crippen LogP contribution is -2.53. The number of rotatable bonds is 18. The van der Waals surface area contributed by atoms with Crippen molar-refractivity contribution >= 4 is 70.4 Å². The van der Waals surface area contributed by atoms with E-state index in [1.54, 1.807) is 90.0 Å². The number of nitrogens with two attached hydrogens (primary N) is 2. The van der Waals surface area contributed by atoms with Gasteiger partial charge in [0, 0.05) is 64.0 Å². The van der Waals surface area contributed by atoms with Gasteiger partial charge in [-0.15, -0.1) is 0 Å². The highest BCUT2D eigenvalue weighted by Crippen LogP contribution is 2.33. The summed E-state index contributed by atoms with van der Waals surface area (Å²) in [6, 6.07) is 9.87. The highest BCUT2D eigenvalue weighted by Gasteiger charge is 2.30. The quantitative estimate of drug-likeness (QED) is 0.0652. The number of benzene rings is 2. The van der Waals surface area contributed by atoms with Crippen molar-refractivity contribution in [2.24, 2.45) is 11.5 Å². The molecular weight excluding hydrogens is 941 g/mol. The lowest BCUT2D eigenvalue weighted by molar-refractivity contribution is -0.135. The molecule has 0 saturated carbocycles. The van der Waals surface area contributed by atoms with Crippen molar-refractivity contribution in [3.8, 4) is 11.5 Å². The molecule has 23 heteroatoms. The number of ether oxygens (including phenoxy) is 3. The van der Waals surface area contributed by atoms with Gasteiger partial charge in [-0.3, -0.25) is 43.6 Å². The van der Waals surface area contributed by atoms with E-state index >= 15 is 0 Å². The number of anilines is 2. The van der Waals surface area contributed by atoms with Gasteiger partial charge < -0.3 is 45.0 Å². The Bertz CT molecular complexity index is 3010. The van der Waals surface area contributed by atoms with Gasteiger partial charge in [-0.05, 0) is 98.0 Å². The number of fused-ring (bicyclic) bond motifs is 2. The molecule has 390 valence electrons. The van der Waals surface area contributed by atoms with Crippen LogP contribution in [0.2, 0.25) is 0 Å². The van der Waals surface area contributed by atoms with Crippen molar-refractivity contribution in [1.82, 2.24) is 48.5 Å². The molecular formula is C50H66N14O9. The first-order valence-corrected chi connectivity index (χ1v) is 23.6. The second kappa shape index (κ2) is 25.2. The predicted octanol–water partition coefficient (Wildman–Crippen LogP) is 4.99. The van der Waals surface area contributed by atoms with E-state index < -0.39 is 23.5 Å². The largest absolute Gasteiger partial charge is 0.494 e. The summed E-state index contributed by atoms with van der Waals surface area (Å²) in [6.45, 7) is 15.6. The molecule has 7 rings (SSSR count). The third kappa shape index (κ3) is 13.8. The Labute approximate surface area is 423 Å². The third-order valence-electron chi connectivity index (χ3n) is 11.1. The van der Waals surface area contributed by atoms with Crippen LogP contribution in [-0.4, -0.2) is 144 Å². The molecule has 4 amide bonds. The maximum atomic E-state index is 13.7. The summed E-state index contributed by atoms with van der Waals surface area (Å²) in [5, 5.41) is 14.5. The number of methoxy groups -OCH3 is 1. The number of aryl methyl sites for hydroxylation is 4. The Kier molecular flexibility index (Phi) is 19.2. The Hall–Kier alpha value is -8.34. The number of carbonyl (C=O) groups excluding carboxylic acids is 6. The number of amides is 4. The highest BCUT2D eigenvalue weighted by atomic mass is 16.6. The molecule has 0 spiro atoms. The van der Waals surface area contributed by atoms with Crippen LogP contribution in [0.1, 0.15) is 87.7 Å². The first-order chi connectivity index (χ1) is 34.9. The van der Waals surface area contributed by atoms with Crippen molar-refractivity contribution in [1.29, 1.82) is 0 Å². The number of aldehydes is 2. The Morgan fingerprint density at radius 3 is 1.99 bits per heavy atom. The summed E-state index contributed by atoms with van der Waals surface area (Å²) in [4.78, 5) is 85.9.